The predicted molar refractivity (Wildman–Crippen MR) is 114 cm³/mol. The van der Waals surface area contributed by atoms with Gasteiger partial charge in [0.1, 0.15) is 0 Å². The van der Waals surface area contributed by atoms with Crippen LogP contribution in [0.3, 0.4) is 0 Å². The van der Waals surface area contributed by atoms with Crippen molar-refractivity contribution in [2.45, 2.75) is 39.5 Å². The summed E-state index contributed by atoms with van der Waals surface area (Å²) >= 11 is 0. The van der Waals surface area contributed by atoms with Crippen molar-refractivity contribution >= 4 is 17.1 Å². The van der Waals surface area contributed by atoms with Gasteiger partial charge in [-0.15, -0.1) is 0 Å². The van der Waals surface area contributed by atoms with Crippen LogP contribution in [0.4, 0.5) is 17.1 Å². The van der Waals surface area contributed by atoms with Crippen molar-refractivity contribution in [2.24, 2.45) is 0 Å². The van der Waals surface area contributed by atoms with Crippen molar-refractivity contribution < 1.29 is 0 Å². The van der Waals surface area contributed by atoms with Gasteiger partial charge in [0.2, 0.25) is 0 Å². The molecule has 3 aromatic carbocycles. The van der Waals surface area contributed by atoms with Crippen LogP contribution in [0.5, 0.6) is 0 Å². The lowest BCUT2D eigenvalue weighted by molar-refractivity contribution is 0.839. The minimum Gasteiger partial charge on any atom is -0.397 e. The first-order valence-electron chi connectivity index (χ1n) is 9.32. The molecule has 2 nitrogen and oxygen atoms in total. The first kappa shape index (κ1) is 18.1. The Morgan fingerprint density at radius 2 is 1.23 bits per heavy atom. The van der Waals surface area contributed by atoms with Gasteiger partial charge in [-0.3, -0.25) is 0 Å². The third-order valence-corrected chi connectivity index (χ3v) is 4.77. The Labute approximate surface area is 157 Å². The predicted octanol–water partition coefficient (Wildman–Crippen LogP) is 6.93. The van der Waals surface area contributed by atoms with E-state index in [4.69, 9.17) is 5.73 Å². The maximum Gasteiger partial charge on any atom is 0.0618 e. The van der Waals surface area contributed by atoms with Gasteiger partial charge in [-0.05, 0) is 58.4 Å². The van der Waals surface area contributed by atoms with Crippen molar-refractivity contribution in [1.29, 1.82) is 0 Å². The van der Waals surface area contributed by atoms with Gasteiger partial charge in [-0.2, -0.15) is 0 Å². The van der Waals surface area contributed by atoms with Gasteiger partial charge < -0.3 is 11.1 Å². The van der Waals surface area contributed by atoms with E-state index in [1.165, 1.54) is 27.9 Å². The van der Waals surface area contributed by atoms with Crippen LogP contribution in [0.2, 0.25) is 0 Å². The summed E-state index contributed by atoms with van der Waals surface area (Å²) in [4.78, 5) is 0. The fraction of sp³-hybridized carbons (Fsp3) is 0.250. The van der Waals surface area contributed by atoms with E-state index >= 15 is 0 Å². The molecule has 3 rings (SSSR count). The van der Waals surface area contributed by atoms with Crippen LogP contribution >= 0.6 is 0 Å². The van der Waals surface area contributed by atoms with Gasteiger partial charge in [0.05, 0.1) is 11.4 Å². The second kappa shape index (κ2) is 7.65. The molecule has 134 valence electrons. The Bertz CT molecular complexity index is 851. The quantitative estimate of drug-likeness (QED) is 0.493. The first-order chi connectivity index (χ1) is 12.5. The Balaban J connectivity index is 2.17. The van der Waals surface area contributed by atoms with Gasteiger partial charge in [0.15, 0.2) is 0 Å². The van der Waals surface area contributed by atoms with Crippen molar-refractivity contribution in [3.05, 3.63) is 77.9 Å². The van der Waals surface area contributed by atoms with Gasteiger partial charge in [0, 0.05) is 5.69 Å². The standard InChI is InChI=1S/C24H28N2/c1-16(2)20-14-19(18-10-6-5-7-11-18)15-21(17(3)4)24(20)26-23-13-9-8-12-22(23)25/h5-17,26H,25H2,1-4H3. The normalized spacial score (nSPS) is 11.2. The van der Waals surface area contributed by atoms with E-state index < -0.39 is 0 Å². The van der Waals surface area contributed by atoms with Gasteiger partial charge in [-0.25, -0.2) is 0 Å². The first-order valence-corrected chi connectivity index (χ1v) is 9.32. The fourth-order valence-corrected chi connectivity index (χ4v) is 3.29. The molecule has 0 saturated heterocycles. The SMILES string of the molecule is CC(C)c1cc(-c2ccccc2)cc(C(C)C)c1Nc1ccccc1N. The molecule has 0 aliphatic carbocycles. The molecule has 0 spiro atoms. The highest BCUT2D eigenvalue weighted by atomic mass is 14.9. The Morgan fingerprint density at radius 1 is 0.692 bits per heavy atom. The lowest BCUT2D eigenvalue weighted by atomic mass is 9.88. The second-order valence-corrected chi connectivity index (χ2v) is 7.42. The summed E-state index contributed by atoms with van der Waals surface area (Å²) in [5, 5.41) is 3.63. The number of hydrogen-bond donors (Lipinski definition) is 2. The third-order valence-electron chi connectivity index (χ3n) is 4.77. The summed E-state index contributed by atoms with van der Waals surface area (Å²) in [5.74, 6) is 0.812. The van der Waals surface area contributed by atoms with Gasteiger partial charge in [-0.1, -0.05) is 70.2 Å². The summed E-state index contributed by atoms with van der Waals surface area (Å²) in [5.41, 5.74) is 14.3. The molecule has 0 bridgehead atoms. The van der Waals surface area contributed by atoms with Gasteiger partial charge >= 0.3 is 0 Å². The van der Waals surface area contributed by atoms with E-state index in [0.29, 0.717) is 11.8 Å². The molecule has 0 aliphatic rings. The van der Waals surface area contributed by atoms with Crippen molar-refractivity contribution in [3.8, 4) is 11.1 Å². The number of nitrogens with two attached hydrogens (primary N) is 1. The fourth-order valence-electron chi connectivity index (χ4n) is 3.29. The van der Waals surface area contributed by atoms with E-state index in [1.54, 1.807) is 0 Å². The molecule has 0 radical (unpaired) electrons. The van der Waals surface area contributed by atoms with Crippen LogP contribution < -0.4 is 11.1 Å². The number of rotatable bonds is 5. The molecular formula is C24H28N2. The minimum absolute atomic E-state index is 0.406. The van der Waals surface area contributed by atoms with Crippen LogP contribution in [0.25, 0.3) is 11.1 Å². The average molecular weight is 345 g/mol. The number of benzene rings is 3. The zero-order valence-electron chi connectivity index (χ0n) is 16.1. The Morgan fingerprint density at radius 3 is 1.77 bits per heavy atom. The molecule has 0 heterocycles. The van der Waals surface area contributed by atoms with Crippen LogP contribution in [0.1, 0.15) is 50.7 Å². The number of nitrogens with one attached hydrogen (secondary N) is 1. The molecule has 3 aromatic rings. The number of hydrogen-bond acceptors (Lipinski definition) is 2. The average Bonchev–Trinajstić information content (AvgIpc) is 2.64. The molecular weight excluding hydrogens is 316 g/mol. The summed E-state index contributed by atoms with van der Waals surface area (Å²) in [7, 11) is 0. The largest absolute Gasteiger partial charge is 0.397 e. The monoisotopic (exact) mass is 344 g/mol. The third kappa shape index (κ3) is 3.75. The second-order valence-electron chi connectivity index (χ2n) is 7.42. The maximum atomic E-state index is 6.18. The van der Waals surface area contributed by atoms with Crippen LogP contribution in [-0.4, -0.2) is 0 Å². The molecule has 3 N–H and O–H groups in total. The molecule has 0 fully saturated rings. The van der Waals surface area contributed by atoms with Crippen LogP contribution in [0.15, 0.2) is 66.7 Å². The minimum atomic E-state index is 0.406. The van der Waals surface area contributed by atoms with Crippen LogP contribution in [0, 0.1) is 0 Å². The highest BCUT2D eigenvalue weighted by Crippen LogP contribution is 2.39. The van der Waals surface area contributed by atoms with E-state index in [2.05, 4.69) is 75.5 Å². The Kier molecular flexibility index (Phi) is 5.32. The van der Waals surface area contributed by atoms with Crippen LogP contribution in [-0.2, 0) is 0 Å². The summed E-state index contributed by atoms with van der Waals surface area (Å²) < 4.78 is 0. The molecule has 2 heteroatoms. The summed E-state index contributed by atoms with van der Waals surface area (Å²) in [6.07, 6.45) is 0. The molecule has 0 saturated carbocycles. The molecule has 0 atom stereocenters. The van der Waals surface area contributed by atoms with Gasteiger partial charge in [0.25, 0.3) is 0 Å². The topological polar surface area (TPSA) is 38.0 Å². The molecule has 0 aliphatic heterocycles. The van der Waals surface area contributed by atoms with Crippen molar-refractivity contribution in [1.82, 2.24) is 0 Å². The molecule has 0 aromatic heterocycles. The Hall–Kier alpha value is -2.74. The van der Waals surface area contributed by atoms with E-state index in [-0.39, 0.29) is 0 Å². The summed E-state index contributed by atoms with van der Waals surface area (Å²) in [6.45, 7) is 8.98. The molecule has 0 unspecified atom stereocenters. The smallest absolute Gasteiger partial charge is 0.0618 e. The van der Waals surface area contributed by atoms with Crippen molar-refractivity contribution in [2.75, 3.05) is 11.1 Å². The van der Waals surface area contributed by atoms with E-state index in [0.717, 1.165) is 11.4 Å². The maximum absolute atomic E-state index is 6.18. The zero-order valence-corrected chi connectivity index (χ0v) is 16.1. The summed E-state index contributed by atoms with van der Waals surface area (Å²) in [6, 6.07) is 23.2. The number of anilines is 3. The lowest BCUT2D eigenvalue weighted by Gasteiger charge is -2.23. The highest BCUT2D eigenvalue weighted by Gasteiger charge is 2.17. The van der Waals surface area contributed by atoms with E-state index in [9.17, 15) is 0 Å². The number of para-hydroxylation sites is 2. The molecule has 0 amide bonds. The van der Waals surface area contributed by atoms with Crippen molar-refractivity contribution in [3.63, 3.8) is 0 Å². The zero-order chi connectivity index (χ0) is 18.7. The molecule has 26 heavy (non-hydrogen) atoms. The lowest BCUT2D eigenvalue weighted by Crippen LogP contribution is -2.06. The highest BCUT2D eigenvalue weighted by molar-refractivity contribution is 5.79. The van der Waals surface area contributed by atoms with E-state index in [1.807, 2.05) is 24.3 Å². The number of nitrogen functional groups attached to an aromatic ring is 1.